The smallest absolute Gasteiger partial charge is 0.201 e. The summed E-state index contributed by atoms with van der Waals surface area (Å²) in [7, 11) is 12.2. The molecule has 12 N–H and O–H groups in total. The molecule has 0 saturated heterocycles. The maximum Gasteiger partial charge on any atom is 0.201 e. The average Bonchev–Trinajstić information content (AvgIpc) is 3.03. The zero-order valence-electron chi connectivity index (χ0n) is 30.8. The first-order valence-corrected chi connectivity index (χ1v) is 16.0. The van der Waals surface area contributed by atoms with E-state index in [2.05, 4.69) is 52.5 Å². The van der Waals surface area contributed by atoms with Gasteiger partial charge in [-0.25, -0.2) is 0 Å². The summed E-state index contributed by atoms with van der Waals surface area (Å²) in [5.41, 5.74) is 6.74. The van der Waals surface area contributed by atoms with E-state index in [4.69, 9.17) is 18.9 Å². The molecule has 0 radical (unpaired) electrons. The Morgan fingerprint density at radius 3 is 1.79 bits per heavy atom. The normalized spacial score (nSPS) is 18.0. The first-order chi connectivity index (χ1) is 22.0. The van der Waals surface area contributed by atoms with Crippen LogP contribution in [0.1, 0.15) is 45.5 Å². The molecule has 4 aromatic rings. The summed E-state index contributed by atoms with van der Waals surface area (Å²) in [6, 6.07) is 20.1. The van der Waals surface area contributed by atoms with Gasteiger partial charge in [-0.2, -0.15) is 0 Å². The van der Waals surface area contributed by atoms with E-state index in [0.29, 0.717) is 45.4 Å². The van der Waals surface area contributed by atoms with Crippen molar-refractivity contribution in [2.45, 2.75) is 37.8 Å². The van der Waals surface area contributed by atoms with Gasteiger partial charge in [0.05, 0.1) is 61.1 Å². The maximum atomic E-state index is 11.5. The Labute approximate surface area is 322 Å². The quantitative estimate of drug-likeness (QED) is 0.198. The van der Waals surface area contributed by atoms with Crippen LogP contribution in [0.5, 0.6) is 46.0 Å². The lowest BCUT2D eigenvalue weighted by atomic mass is 9.85. The number of ether oxygens (including phenoxy) is 4. The molecule has 2 atom stereocenters. The van der Waals surface area contributed by atoms with Gasteiger partial charge in [0.2, 0.25) is 5.75 Å². The van der Waals surface area contributed by atoms with E-state index in [1.54, 1.807) is 20.3 Å². The number of halogens is 2. The Hall–Kier alpha value is -4.02. The van der Waals surface area contributed by atoms with Gasteiger partial charge >= 0.3 is 0 Å². The van der Waals surface area contributed by atoms with Crippen LogP contribution in [-0.4, -0.2) is 102 Å². The third-order valence-electron chi connectivity index (χ3n) is 10.5. The fraction of sp³-hybridized carbons (Fsp3) is 0.368. The molecule has 4 aliphatic rings. The fourth-order valence-electron chi connectivity index (χ4n) is 7.61. The second-order valence-electron chi connectivity index (χ2n) is 14.1. The van der Waals surface area contributed by atoms with Gasteiger partial charge in [0.15, 0.2) is 34.5 Å². The van der Waals surface area contributed by atoms with Crippen molar-refractivity contribution in [2.24, 2.45) is 0 Å². The molecule has 0 fully saturated rings. The number of rotatable bonds is 2. The van der Waals surface area contributed by atoms with Gasteiger partial charge in [-0.3, -0.25) is 0 Å². The van der Waals surface area contributed by atoms with Gasteiger partial charge < -0.3 is 90.3 Å². The molecular formula is C38H54Cl2N2O11. The standard InChI is InChI=1S/C38H42N2O6.2ClH.5H2O/c1-39(2)15-13-25-20-33(43-5)34-22-28(25)29(39)17-23-7-10-27(11-8-23)45-38-36-26(21-35(44-6)37(38)42)14-16-40(3,4)30(36)18-24-9-12-31(41)32(19-24)46-34;;;;;;;/h7-12,19-22,29-30H,13-18H2,1-6H3;2*1H;5*1H2/t29-,30+;;;;;;;/m0......./s1. The number of benzene rings is 4. The summed E-state index contributed by atoms with van der Waals surface area (Å²) < 4.78 is 26.1. The van der Waals surface area contributed by atoms with Crippen molar-refractivity contribution < 1.29 is 90.3 Å². The molecule has 15 heteroatoms. The first kappa shape index (κ1) is 49.0. The number of methoxy groups -OCH3 is 2. The van der Waals surface area contributed by atoms with Gasteiger partial charge in [-0.1, -0.05) is 18.2 Å². The molecule has 0 saturated carbocycles. The lowest BCUT2D eigenvalue weighted by Gasteiger charge is -2.43. The molecule has 0 aromatic heterocycles. The van der Waals surface area contributed by atoms with Crippen molar-refractivity contribution >= 4 is 0 Å². The summed E-state index contributed by atoms with van der Waals surface area (Å²) in [4.78, 5) is 0. The summed E-state index contributed by atoms with van der Waals surface area (Å²) in [6.45, 7) is 1.91. The molecular weight excluding hydrogens is 731 g/mol. The minimum Gasteiger partial charge on any atom is -1.00 e. The molecule has 8 rings (SSSR count). The number of nitrogens with zero attached hydrogens (tertiary/aromatic N) is 2. The van der Waals surface area contributed by atoms with E-state index in [1.807, 2.05) is 30.3 Å². The molecule has 53 heavy (non-hydrogen) atoms. The second kappa shape index (κ2) is 18.3. The molecule has 296 valence electrons. The minimum absolute atomic E-state index is 0. The Balaban J connectivity index is 0.00000386. The Kier molecular flexibility index (Phi) is 17.0. The van der Waals surface area contributed by atoms with Crippen molar-refractivity contribution in [2.75, 3.05) is 55.5 Å². The number of phenols is 2. The predicted molar refractivity (Wildman–Crippen MR) is 195 cm³/mol. The van der Waals surface area contributed by atoms with Gasteiger partial charge in [0.25, 0.3) is 0 Å². The highest BCUT2D eigenvalue weighted by Gasteiger charge is 2.41. The number of hydrogen-bond acceptors (Lipinski definition) is 6. The van der Waals surface area contributed by atoms with E-state index in [0.717, 1.165) is 53.5 Å². The van der Waals surface area contributed by atoms with Crippen LogP contribution in [0.25, 0.3) is 0 Å². The van der Waals surface area contributed by atoms with Crippen LogP contribution in [0.4, 0.5) is 0 Å². The van der Waals surface area contributed by atoms with E-state index >= 15 is 0 Å². The highest BCUT2D eigenvalue weighted by molar-refractivity contribution is 5.61. The SMILES string of the molecule is COc1cc2c3cc1Oc1cc(ccc1O)C[C@@H]1c4c(cc(OC)c(O)c4Oc4ccc(cc4)C[C@@H]3[N+](C)(C)CC2)CC[N+]1(C)C.O.O.O.O.O.[Cl-].[Cl-]. The van der Waals surface area contributed by atoms with Gasteiger partial charge in [-0.15, -0.1) is 0 Å². The third-order valence-corrected chi connectivity index (χ3v) is 10.5. The minimum atomic E-state index is -0.0508. The number of likely N-dealkylation sites (N-methyl/N-ethyl adjacent to an activating group) is 2. The lowest BCUT2D eigenvalue weighted by Crippen LogP contribution is -3.00. The molecule has 4 aromatic carbocycles. The van der Waals surface area contributed by atoms with Crippen LogP contribution in [0.3, 0.4) is 0 Å². The van der Waals surface area contributed by atoms with Crippen LogP contribution in [0, 0.1) is 0 Å². The molecule has 4 aliphatic heterocycles. The zero-order chi connectivity index (χ0) is 32.4. The Morgan fingerprint density at radius 2 is 1.17 bits per heavy atom. The van der Waals surface area contributed by atoms with E-state index in [9.17, 15) is 10.2 Å². The van der Waals surface area contributed by atoms with Crippen LogP contribution < -0.4 is 43.8 Å². The number of quaternary nitrogens is 2. The third kappa shape index (κ3) is 8.86. The number of aromatic hydroxyl groups is 2. The van der Waals surface area contributed by atoms with Gasteiger partial charge in [0, 0.05) is 31.2 Å². The Morgan fingerprint density at radius 1 is 0.623 bits per heavy atom. The summed E-state index contributed by atoms with van der Waals surface area (Å²) in [5, 5.41) is 22.5. The zero-order valence-corrected chi connectivity index (χ0v) is 32.4. The van der Waals surface area contributed by atoms with E-state index < -0.39 is 0 Å². The lowest BCUT2D eigenvalue weighted by molar-refractivity contribution is -0.923. The number of fused-ring (bicyclic) bond motifs is 2. The summed E-state index contributed by atoms with van der Waals surface area (Å²) in [6.07, 6.45) is 3.21. The maximum absolute atomic E-state index is 11.5. The first-order valence-electron chi connectivity index (χ1n) is 16.0. The molecule has 0 aliphatic carbocycles. The van der Waals surface area contributed by atoms with Crippen molar-refractivity contribution in [1.82, 2.24) is 0 Å². The molecule has 0 amide bonds. The van der Waals surface area contributed by atoms with Crippen LogP contribution in [0.2, 0.25) is 0 Å². The van der Waals surface area contributed by atoms with Crippen molar-refractivity contribution in [1.29, 1.82) is 0 Å². The van der Waals surface area contributed by atoms with Crippen molar-refractivity contribution in [3.8, 4) is 46.0 Å². The van der Waals surface area contributed by atoms with Gasteiger partial charge in [0.1, 0.15) is 17.8 Å². The number of phenolic OH excluding ortho intramolecular Hbond substituents is 2. The molecule has 0 unspecified atom stereocenters. The van der Waals surface area contributed by atoms with Crippen LogP contribution >= 0.6 is 0 Å². The Bertz CT molecular complexity index is 1840. The van der Waals surface area contributed by atoms with Crippen molar-refractivity contribution in [3.63, 3.8) is 0 Å². The fourth-order valence-corrected chi connectivity index (χ4v) is 7.61. The monoisotopic (exact) mass is 784 g/mol. The van der Waals surface area contributed by atoms with E-state index in [1.165, 1.54) is 16.7 Å². The molecule has 0 spiro atoms. The highest BCUT2D eigenvalue weighted by Crippen LogP contribution is 2.51. The molecule has 4 heterocycles. The summed E-state index contributed by atoms with van der Waals surface area (Å²) in [5.74, 6) is 3.18. The predicted octanol–water partition coefficient (Wildman–Crippen LogP) is -3.27. The van der Waals surface area contributed by atoms with Crippen molar-refractivity contribution in [3.05, 3.63) is 94.0 Å². The van der Waals surface area contributed by atoms with Crippen LogP contribution in [0.15, 0.2) is 60.7 Å². The van der Waals surface area contributed by atoms with E-state index in [-0.39, 0.29) is 75.8 Å². The second-order valence-corrected chi connectivity index (χ2v) is 14.1. The number of hydrogen-bond donors (Lipinski definition) is 2. The summed E-state index contributed by atoms with van der Waals surface area (Å²) >= 11 is 0. The molecule has 13 nitrogen and oxygen atoms in total. The topological polar surface area (TPSA) is 235 Å². The van der Waals surface area contributed by atoms with Crippen LogP contribution in [-0.2, 0) is 25.7 Å². The largest absolute Gasteiger partial charge is 1.00 e. The molecule has 6 bridgehead atoms. The average molecular weight is 786 g/mol. The highest BCUT2D eigenvalue weighted by atomic mass is 35.5. The van der Waals surface area contributed by atoms with Gasteiger partial charge in [-0.05, 0) is 64.7 Å².